The second-order valence-electron chi connectivity index (χ2n) is 6.58. The molecule has 0 aliphatic carbocycles. The molecule has 0 aliphatic heterocycles. The molecule has 0 saturated carbocycles. The minimum Gasteiger partial charge on any atom is -0.507 e. The number of hydrogen-bond acceptors (Lipinski definition) is 7. The molecule has 0 unspecified atom stereocenters. The van der Waals surface area contributed by atoms with Gasteiger partial charge in [-0.15, -0.1) is 5.10 Å². The van der Waals surface area contributed by atoms with E-state index in [1.165, 1.54) is 42.1 Å². The van der Waals surface area contributed by atoms with Crippen molar-refractivity contribution in [2.75, 3.05) is 7.11 Å². The first kappa shape index (κ1) is 20.4. The third-order valence-electron chi connectivity index (χ3n) is 4.62. The lowest BCUT2D eigenvalue weighted by Crippen LogP contribution is -2.12. The fraction of sp³-hybridized carbons (Fsp3) is 0.0476. The first-order valence-corrected chi connectivity index (χ1v) is 10.6. The van der Waals surface area contributed by atoms with Crippen LogP contribution >= 0.6 is 0 Å². The molecule has 0 amide bonds. The monoisotopic (exact) mass is 438 g/mol. The Hall–Kier alpha value is -3.89. The summed E-state index contributed by atoms with van der Waals surface area (Å²) >= 11 is 0. The number of nitrogens with zero attached hydrogens (tertiary/aromatic N) is 3. The van der Waals surface area contributed by atoms with E-state index in [1.807, 2.05) is 0 Å². The van der Waals surface area contributed by atoms with Crippen LogP contribution in [0.1, 0.15) is 0 Å². The first-order valence-electron chi connectivity index (χ1n) is 9.04. The molecule has 9 nitrogen and oxygen atoms in total. The quantitative estimate of drug-likeness (QED) is 0.435. The van der Waals surface area contributed by atoms with Gasteiger partial charge < -0.3 is 14.9 Å². The number of aromatic nitrogens is 3. The lowest BCUT2D eigenvalue weighted by atomic mass is 10.1. The number of methoxy groups -OCH3 is 1. The molecule has 4 N–H and O–H groups in total. The highest BCUT2D eigenvalue weighted by molar-refractivity contribution is 7.89. The van der Waals surface area contributed by atoms with E-state index in [0.29, 0.717) is 22.6 Å². The molecule has 1 heterocycles. The minimum absolute atomic E-state index is 0.0151. The van der Waals surface area contributed by atoms with Gasteiger partial charge in [-0.25, -0.2) is 23.2 Å². The number of rotatable bonds is 5. The third-order valence-corrected chi connectivity index (χ3v) is 5.55. The van der Waals surface area contributed by atoms with Crippen LogP contribution in [-0.2, 0) is 10.0 Å². The summed E-state index contributed by atoms with van der Waals surface area (Å²) in [6.45, 7) is 0. The Labute approximate surface area is 178 Å². The Balaban J connectivity index is 1.93. The van der Waals surface area contributed by atoms with Gasteiger partial charge in [-0.2, -0.15) is 0 Å². The van der Waals surface area contributed by atoms with Crippen molar-refractivity contribution in [2.45, 2.75) is 4.90 Å². The van der Waals surface area contributed by atoms with E-state index in [2.05, 4.69) is 10.1 Å². The van der Waals surface area contributed by atoms with Crippen LogP contribution in [-0.4, -0.2) is 40.5 Å². The van der Waals surface area contributed by atoms with Crippen molar-refractivity contribution in [3.63, 3.8) is 0 Å². The zero-order valence-corrected chi connectivity index (χ0v) is 17.1. The van der Waals surface area contributed by atoms with Crippen molar-refractivity contribution >= 4 is 10.0 Å². The minimum atomic E-state index is -3.85. The number of nitrogens with two attached hydrogens (primary N) is 1. The molecule has 0 radical (unpaired) electrons. The predicted molar refractivity (Wildman–Crippen MR) is 113 cm³/mol. The van der Waals surface area contributed by atoms with Gasteiger partial charge in [0.2, 0.25) is 10.0 Å². The van der Waals surface area contributed by atoms with E-state index < -0.39 is 10.0 Å². The molecule has 158 valence electrons. The molecule has 4 rings (SSSR count). The van der Waals surface area contributed by atoms with Crippen molar-refractivity contribution in [3.8, 4) is 45.7 Å². The van der Waals surface area contributed by atoms with Crippen LogP contribution in [0.2, 0.25) is 0 Å². The lowest BCUT2D eigenvalue weighted by molar-refractivity contribution is 0.374. The molecular formula is C21H18N4O5S. The van der Waals surface area contributed by atoms with Gasteiger partial charge in [-0.1, -0.05) is 18.2 Å². The van der Waals surface area contributed by atoms with E-state index in [4.69, 9.17) is 9.88 Å². The number of phenols is 2. The summed E-state index contributed by atoms with van der Waals surface area (Å²) in [5.41, 5.74) is 1.21. The van der Waals surface area contributed by atoms with E-state index in [-0.39, 0.29) is 28.0 Å². The van der Waals surface area contributed by atoms with Crippen LogP contribution in [0.15, 0.2) is 71.6 Å². The summed E-state index contributed by atoms with van der Waals surface area (Å²) in [6, 6.07) is 17.3. The Bertz CT molecular complexity index is 1370. The van der Waals surface area contributed by atoms with Gasteiger partial charge in [-0.05, 0) is 48.5 Å². The Morgan fingerprint density at radius 3 is 2.26 bits per heavy atom. The van der Waals surface area contributed by atoms with Crippen LogP contribution < -0.4 is 9.88 Å². The van der Waals surface area contributed by atoms with E-state index in [1.54, 1.807) is 36.4 Å². The van der Waals surface area contributed by atoms with Gasteiger partial charge in [0.15, 0.2) is 23.1 Å². The average molecular weight is 438 g/mol. The Morgan fingerprint density at radius 2 is 1.61 bits per heavy atom. The second kappa shape index (κ2) is 7.74. The normalized spacial score (nSPS) is 11.4. The van der Waals surface area contributed by atoms with Gasteiger partial charge >= 0.3 is 0 Å². The molecule has 10 heteroatoms. The molecule has 0 spiro atoms. The maximum Gasteiger partial charge on any atom is 0.238 e. The molecule has 1 aromatic heterocycles. The summed E-state index contributed by atoms with van der Waals surface area (Å²) in [5.74, 6) is 0.591. The molecule has 0 fully saturated rings. The Morgan fingerprint density at radius 1 is 0.935 bits per heavy atom. The van der Waals surface area contributed by atoms with Gasteiger partial charge in [0, 0.05) is 0 Å². The molecule has 3 aromatic carbocycles. The summed E-state index contributed by atoms with van der Waals surface area (Å²) in [7, 11) is -2.42. The zero-order chi connectivity index (χ0) is 22.2. The van der Waals surface area contributed by atoms with Crippen molar-refractivity contribution in [3.05, 3.63) is 66.7 Å². The number of sulfonamides is 1. The maximum absolute atomic E-state index is 11.6. The van der Waals surface area contributed by atoms with E-state index >= 15 is 0 Å². The first-order chi connectivity index (χ1) is 14.8. The van der Waals surface area contributed by atoms with Crippen molar-refractivity contribution < 1.29 is 23.4 Å². The number of para-hydroxylation sites is 2. The number of aromatic hydroxyl groups is 2. The highest BCUT2D eigenvalue weighted by Crippen LogP contribution is 2.37. The molecular weight excluding hydrogens is 420 g/mol. The van der Waals surface area contributed by atoms with Gasteiger partial charge in [0.25, 0.3) is 0 Å². The van der Waals surface area contributed by atoms with Crippen LogP contribution in [0.25, 0.3) is 28.5 Å². The van der Waals surface area contributed by atoms with Crippen LogP contribution in [0.3, 0.4) is 0 Å². The third kappa shape index (κ3) is 3.81. The number of benzene rings is 3. The Kier molecular flexibility index (Phi) is 5.09. The lowest BCUT2D eigenvalue weighted by Gasteiger charge is -2.08. The molecule has 0 atom stereocenters. The molecule has 0 saturated heterocycles. The topological polar surface area (TPSA) is 141 Å². The standard InChI is InChI=1S/C21H18N4O5S/c1-30-18-8-4-6-16(19(18)27)20-23-21(15-5-2-3-7-17(15)26)25(24-20)13-9-11-14(12-10-13)31(22,28)29/h2-12,26-27H,1H3,(H2,22,28,29). The predicted octanol–water partition coefficient (Wildman–Crippen LogP) is 2.67. The highest BCUT2D eigenvalue weighted by Gasteiger charge is 2.21. The molecule has 4 aromatic rings. The van der Waals surface area contributed by atoms with Gasteiger partial charge in [-0.3, -0.25) is 0 Å². The smallest absolute Gasteiger partial charge is 0.238 e. The summed E-state index contributed by atoms with van der Waals surface area (Å²) < 4.78 is 29.7. The number of ether oxygens (including phenoxy) is 1. The van der Waals surface area contributed by atoms with E-state index in [0.717, 1.165) is 0 Å². The number of phenolic OH excluding ortho intramolecular Hbond substituents is 2. The van der Waals surface area contributed by atoms with Crippen LogP contribution in [0, 0.1) is 0 Å². The number of primary sulfonamides is 1. The fourth-order valence-electron chi connectivity index (χ4n) is 3.09. The summed E-state index contributed by atoms with van der Waals surface area (Å²) in [5, 5.41) is 30.5. The fourth-order valence-corrected chi connectivity index (χ4v) is 3.60. The van der Waals surface area contributed by atoms with Crippen molar-refractivity contribution in [1.29, 1.82) is 0 Å². The summed E-state index contributed by atoms with van der Waals surface area (Å²) in [6.07, 6.45) is 0. The van der Waals surface area contributed by atoms with Gasteiger partial charge in [0.1, 0.15) is 5.75 Å². The maximum atomic E-state index is 11.6. The van der Waals surface area contributed by atoms with Gasteiger partial charge in [0.05, 0.1) is 28.8 Å². The molecule has 31 heavy (non-hydrogen) atoms. The number of hydrogen-bond donors (Lipinski definition) is 3. The molecule has 0 bridgehead atoms. The second-order valence-corrected chi connectivity index (χ2v) is 8.14. The van der Waals surface area contributed by atoms with Crippen LogP contribution in [0.4, 0.5) is 0 Å². The van der Waals surface area contributed by atoms with Crippen molar-refractivity contribution in [2.24, 2.45) is 5.14 Å². The highest BCUT2D eigenvalue weighted by atomic mass is 32.2. The molecule has 0 aliphatic rings. The zero-order valence-electron chi connectivity index (χ0n) is 16.3. The van der Waals surface area contributed by atoms with E-state index in [9.17, 15) is 18.6 Å². The summed E-state index contributed by atoms with van der Waals surface area (Å²) in [4.78, 5) is 4.48. The SMILES string of the molecule is COc1cccc(-c2nc(-c3ccccc3O)n(-c3ccc(S(N)(=O)=O)cc3)n2)c1O. The van der Waals surface area contributed by atoms with Crippen LogP contribution in [0.5, 0.6) is 17.2 Å². The van der Waals surface area contributed by atoms with Crippen molar-refractivity contribution in [1.82, 2.24) is 14.8 Å². The average Bonchev–Trinajstić information content (AvgIpc) is 3.18. The largest absolute Gasteiger partial charge is 0.507 e.